The molecule has 1 amide bonds. The van der Waals surface area contributed by atoms with Gasteiger partial charge >= 0.3 is 0 Å². The molecule has 0 aliphatic rings. The lowest BCUT2D eigenvalue weighted by atomic mass is 10.2. The van der Waals surface area contributed by atoms with E-state index in [0.29, 0.717) is 33.9 Å². The molecular weight excluding hydrogens is 441 g/mol. The molecule has 0 aliphatic heterocycles. The second-order valence-corrected chi connectivity index (χ2v) is 7.29. The van der Waals surface area contributed by atoms with Crippen molar-refractivity contribution < 1.29 is 18.8 Å². The Morgan fingerprint density at radius 2 is 2.19 bits per heavy atom. The first kappa shape index (κ1) is 21.7. The molecule has 4 rings (SSSR count). The number of imidazole rings is 1. The summed E-state index contributed by atoms with van der Waals surface area (Å²) >= 11 is 6.21. The number of rotatable bonds is 8. The number of benzene rings is 1. The molecule has 0 aliphatic carbocycles. The van der Waals surface area contributed by atoms with E-state index in [1.54, 1.807) is 31.2 Å². The van der Waals surface area contributed by atoms with Gasteiger partial charge in [-0.05, 0) is 24.6 Å². The van der Waals surface area contributed by atoms with E-state index < -0.39 is 18.6 Å². The molecule has 0 fully saturated rings. The van der Waals surface area contributed by atoms with Gasteiger partial charge in [-0.2, -0.15) is 0 Å². The Morgan fingerprint density at radius 1 is 1.34 bits per heavy atom. The van der Waals surface area contributed by atoms with Gasteiger partial charge < -0.3 is 25.2 Å². The van der Waals surface area contributed by atoms with Crippen LogP contribution in [0.1, 0.15) is 34.7 Å². The van der Waals surface area contributed by atoms with E-state index in [1.165, 1.54) is 6.33 Å². The summed E-state index contributed by atoms with van der Waals surface area (Å²) < 4.78 is 18.3. The summed E-state index contributed by atoms with van der Waals surface area (Å²) in [6, 6.07) is 6.19. The third-order valence-corrected chi connectivity index (χ3v) is 5.02. The Labute approximate surface area is 186 Å². The number of nitrogens with zero attached hydrogens (tertiary/aromatic N) is 4. The molecule has 32 heavy (non-hydrogen) atoms. The Hall–Kier alpha value is -3.57. The van der Waals surface area contributed by atoms with Crippen molar-refractivity contribution in [3.05, 3.63) is 52.6 Å². The van der Waals surface area contributed by atoms with E-state index in [9.17, 15) is 9.18 Å². The molecule has 0 unspecified atom stereocenters. The highest BCUT2D eigenvalue weighted by molar-refractivity contribution is 6.35. The molecule has 166 valence electrons. The van der Waals surface area contributed by atoms with Crippen molar-refractivity contribution in [2.45, 2.75) is 19.6 Å². The van der Waals surface area contributed by atoms with E-state index >= 15 is 0 Å². The largest absolute Gasteiger partial charge is 0.395 e. The Kier molecular flexibility index (Phi) is 6.28. The monoisotopic (exact) mass is 459 g/mol. The fourth-order valence-corrected chi connectivity index (χ4v) is 3.28. The lowest BCUT2D eigenvalue weighted by molar-refractivity contribution is 0.0933. The molecule has 0 spiro atoms. The van der Waals surface area contributed by atoms with Crippen LogP contribution in [-0.2, 0) is 6.67 Å². The number of amides is 1. The minimum atomic E-state index is -0.566. The molecule has 3 heterocycles. The lowest BCUT2D eigenvalue weighted by Crippen LogP contribution is -2.28. The van der Waals surface area contributed by atoms with Crippen LogP contribution >= 0.6 is 11.6 Å². The molecule has 0 bridgehead atoms. The van der Waals surface area contributed by atoms with Crippen molar-refractivity contribution in [1.82, 2.24) is 30.4 Å². The second kappa shape index (κ2) is 9.28. The third-order valence-electron chi connectivity index (χ3n) is 4.66. The smallest absolute Gasteiger partial charge is 0.272 e. The molecule has 3 aromatic heterocycles. The van der Waals surface area contributed by atoms with Crippen LogP contribution in [0.5, 0.6) is 0 Å². The van der Waals surface area contributed by atoms with Crippen LogP contribution in [0.4, 0.5) is 10.2 Å². The Bertz CT molecular complexity index is 1260. The number of alkyl halides is 1. The third kappa shape index (κ3) is 4.39. The minimum absolute atomic E-state index is 0.0152. The van der Waals surface area contributed by atoms with Crippen molar-refractivity contribution in [2.75, 3.05) is 18.5 Å². The summed E-state index contributed by atoms with van der Waals surface area (Å²) in [5.74, 6) is 0.531. The fraction of sp³-hybridized carbons (Fsp3) is 0.250. The number of aliphatic hydroxyl groups excluding tert-OH is 1. The summed E-state index contributed by atoms with van der Waals surface area (Å²) in [7, 11) is 0. The van der Waals surface area contributed by atoms with Gasteiger partial charge in [-0.3, -0.25) is 4.79 Å². The van der Waals surface area contributed by atoms with Crippen LogP contribution in [0.3, 0.4) is 0 Å². The predicted octanol–water partition coefficient (Wildman–Crippen LogP) is 3.03. The Balaban J connectivity index is 1.49. The van der Waals surface area contributed by atoms with E-state index in [2.05, 4.69) is 35.7 Å². The molecule has 0 saturated carbocycles. The highest BCUT2D eigenvalue weighted by Gasteiger charge is 2.21. The number of carbonyl (C=O) groups is 1. The zero-order valence-electron chi connectivity index (χ0n) is 16.9. The fourth-order valence-electron chi connectivity index (χ4n) is 3.03. The number of halogens is 2. The maximum Gasteiger partial charge on any atom is 0.272 e. The van der Waals surface area contributed by atoms with Crippen LogP contribution < -0.4 is 10.6 Å². The number of hydrogen-bond acceptors (Lipinski definition) is 8. The number of H-pyrrole nitrogens is 1. The number of carbonyl (C=O) groups excluding carboxylic acids is 1. The summed E-state index contributed by atoms with van der Waals surface area (Å²) in [4.78, 5) is 28.1. The maximum absolute atomic E-state index is 12.9. The van der Waals surface area contributed by atoms with E-state index in [-0.39, 0.29) is 29.7 Å². The average Bonchev–Trinajstić information content (AvgIpc) is 3.45. The highest BCUT2D eigenvalue weighted by atomic mass is 35.5. The summed E-state index contributed by atoms with van der Waals surface area (Å²) in [6.45, 7) is 1.28. The second-order valence-electron chi connectivity index (χ2n) is 6.92. The number of fused-ring (bicyclic) bond motifs is 1. The van der Waals surface area contributed by atoms with Crippen molar-refractivity contribution in [3.8, 4) is 11.6 Å². The molecule has 4 aromatic rings. The zero-order valence-corrected chi connectivity index (χ0v) is 17.6. The molecule has 0 saturated heterocycles. The highest BCUT2D eigenvalue weighted by Crippen LogP contribution is 2.25. The molecule has 4 N–H and O–H groups in total. The van der Waals surface area contributed by atoms with Crippen molar-refractivity contribution in [1.29, 1.82) is 0 Å². The summed E-state index contributed by atoms with van der Waals surface area (Å²) in [6.07, 6.45) is 1.20. The van der Waals surface area contributed by atoms with Gasteiger partial charge in [-0.1, -0.05) is 22.8 Å². The molecule has 1 aromatic carbocycles. The number of aliphatic hydroxyl groups is 1. The molecule has 10 nitrogen and oxygen atoms in total. The Morgan fingerprint density at radius 3 is 2.97 bits per heavy atom. The van der Waals surface area contributed by atoms with Crippen LogP contribution in [-0.4, -0.2) is 49.3 Å². The van der Waals surface area contributed by atoms with Crippen LogP contribution in [0.2, 0.25) is 5.02 Å². The van der Waals surface area contributed by atoms with E-state index in [4.69, 9.17) is 21.2 Å². The zero-order chi connectivity index (χ0) is 22.7. The first-order valence-electron chi connectivity index (χ1n) is 9.67. The van der Waals surface area contributed by atoms with Gasteiger partial charge in [0.15, 0.2) is 11.5 Å². The van der Waals surface area contributed by atoms with Gasteiger partial charge in [-0.25, -0.2) is 19.3 Å². The van der Waals surface area contributed by atoms with Crippen molar-refractivity contribution in [3.63, 3.8) is 0 Å². The normalized spacial score (nSPS) is 12.1. The first-order valence-corrected chi connectivity index (χ1v) is 10.1. The topological polar surface area (TPSA) is 142 Å². The minimum Gasteiger partial charge on any atom is -0.395 e. The number of nitrogens with one attached hydrogen (secondary N) is 3. The van der Waals surface area contributed by atoms with Gasteiger partial charge in [0.25, 0.3) is 5.91 Å². The molecular formula is C20H19ClFN7O3. The van der Waals surface area contributed by atoms with Gasteiger partial charge in [0.05, 0.1) is 23.7 Å². The number of aromatic amines is 1. The number of anilines is 1. The van der Waals surface area contributed by atoms with Gasteiger partial charge in [0.1, 0.15) is 29.5 Å². The van der Waals surface area contributed by atoms with Gasteiger partial charge in [-0.15, -0.1) is 0 Å². The quantitative estimate of drug-likeness (QED) is 0.315. The summed E-state index contributed by atoms with van der Waals surface area (Å²) in [5.41, 5.74) is 2.33. The average molecular weight is 460 g/mol. The van der Waals surface area contributed by atoms with E-state index in [0.717, 1.165) is 0 Å². The molecule has 12 heteroatoms. The molecule has 0 radical (unpaired) electrons. The van der Waals surface area contributed by atoms with Gasteiger partial charge in [0.2, 0.25) is 5.76 Å². The van der Waals surface area contributed by atoms with Crippen molar-refractivity contribution >= 4 is 34.4 Å². The predicted molar refractivity (Wildman–Crippen MR) is 115 cm³/mol. The SMILES string of the molecule is C[C@@H](NC(=O)c1ncnc(NCCO)c1Cl)c1cc(-c2nc3ccc(CF)cc3[nH]2)on1. The van der Waals surface area contributed by atoms with Crippen molar-refractivity contribution in [2.24, 2.45) is 0 Å². The summed E-state index contributed by atoms with van der Waals surface area (Å²) in [5, 5.41) is 18.5. The first-order chi connectivity index (χ1) is 15.5. The van der Waals surface area contributed by atoms with E-state index in [1.807, 2.05) is 0 Å². The molecule has 1 atom stereocenters. The maximum atomic E-state index is 12.9. The standard InChI is InChI=1S/C20H19ClFN7O3/c1-10(26-20(31)17-16(21)19(23-4-5-30)25-9-24-17)13-7-15(32-29-13)18-27-12-3-2-11(8-22)6-14(12)28-18/h2-3,6-7,9-10,30H,4-5,8H2,1H3,(H,26,31)(H,27,28)(H,23,24,25)/t10-/m1/s1. The number of aromatic nitrogens is 5. The van der Waals surface area contributed by atoms with Crippen LogP contribution in [0.15, 0.2) is 35.1 Å². The lowest BCUT2D eigenvalue weighted by Gasteiger charge is -2.12. The van der Waals surface area contributed by atoms with Crippen LogP contribution in [0, 0.1) is 0 Å². The van der Waals surface area contributed by atoms with Crippen LogP contribution in [0.25, 0.3) is 22.6 Å². The number of hydrogen-bond donors (Lipinski definition) is 4. The van der Waals surface area contributed by atoms with Gasteiger partial charge in [0, 0.05) is 12.6 Å².